The molecule has 0 amide bonds. The van der Waals surface area contributed by atoms with Crippen LogP contribution in [0.15, 0.2) is 0 Å². The van der Waals surface area contributed by atoms with E-state index in [0.717, 1.165) is 58.5 Å². The summed E-state index contributed by atoms with van der Waals surface area (Å²) >= 11 is 0. The Kier molecular flexibility index (Phi) is 6.14. The summed E-state index contributed by atoms with van der Waals surface area (Å²) in [6, 6.07) is 0. The fourth-order valence-electron chi connectivity index (χ4n) is 1.96. The average molecular weight is 241 g/mol. The third-order valence-electron chi connectivity index (χ3n) is 3.19. The van der Waals surface area contributed by atoms with Crippen LogP contribution < -0.4 is 0 Å². The molecule has 100 valence electrons. The van der Waals surface area contributed by atoms with E-state index in [9.17, 15) is 4.79 Å². The lowest BCUT2D eigenvalue weighted by molar-refractivity contribution is -0.119. The summed E-state index contributed by atoms with van der Waals surface area (Å²) in [6.07, 6.45) is 3.49. The molecule has 0 saturated carbocycles. The van der Waals surface area contributed by atoms with Gasteiger partial charge in [-0.1, -0.05) is 20.8 Å². The van der Waals surface area contributed by atoms with Crippen molar-refractivity contribution in [3.63, 3.8) is 0 Å². The number of nitrogens with zero attached hydrogens (tertiary/aromatic N) is 1. The predicted molar refractivity (Wildman–Crippen MR) is 70.2 cm³/mol. The van der Waals surface area contributed by atoms with Crippen LogP contribution in [0.4, 0.5) is 0 Å². The van der Waals surface area contributed by atoms with Crippen molar-refractivity contribution in [2.75, 3.05) is 32.8 Å². The van der Waals surface area contributed by atoms with E-state index < -0.39 is 0 Å². The lowest BCUT2D eigenvalue weighted by Crippen LogP contribution is -2.36. The number of ether oxygens (including phenoxy) is 1. The third-order valence-corrected chi connectivity index (χ3v) is 3.19. The number of hydrogen-bond donors (Lipinski definition) is 0. The molecule has 1 fully saturated rings. The van der Waals surface area contributed by atoms with Gasteiger partial charge in [0.25, 0.3) is 0 Å². The van der Waals surface area contributed by atoms with Crippen LogP contribution in [-0.4, -0.2) is 43.5 Å². The number of ketones is 1. The molecule has 0 aromatic rings. The molecule has 0 spiro atoms. The summed E-state index contributed by atoms with van der Waals surface area (Å²) < 4.78 is 5.29. The Morgan fingerprint density at radius 3 is 2.41 bits per heavy atom. The monoisotopic (exact) mass is 241 g/mol. The number of hydrogen-bond acceptors (Lipinski definition) is 3. The van der Waals surface area contributed by atoms with Crippen LogP contribution in [0.2, 0.25) is 0 Å². The van der Waals surface area contributed by atoms with E-state index in [-0.39, 0.29) is 5.41 Å². The Hall–Kier alpha value is -0.410. The minimum Gasteiger partial charge on any atom is -0.379 e. The Bertz CT molecular complexity index is 227. The zero-order chi connectivity index (χ0) is 12.7. The van der Waals surface area contributed by atoms with Crippen molar-refractivity contribution < 1.29 is 9.53 Å². The predicted octanol–water partition coefficient (Wildman–Crippen LogP) is 2.49. The van der Waals surface area contributed by atoms with Gasteiger partial charge in [-0.2, -0.15) is 0 Å². The molecule has 0 unspecified atom stereocenters. The van der Waals surface area contributed by atoms with Gasteiger partial charge in [0.15, 0.2) is 0 Å². The van der Waals surface area contributed by atoms with E-state index in [1.165, 1.54) is 0 Å². The summed E-state index contributed by atoms with van der Waals surface area (Å²) in [5.74, 6) is 0.424. The number of Topliss-reactive ketones (excluding diaryl/α,β-unsaturated/α-hetero) is 1. The van der Waals surface area contributed by atoms with Gasteiger partial charge in [0.2, 0.25) is 0 Å². The van der Waals surface area contributed by atoms with Crippen molar-refractivity contribution in [2.24, 2.45) is 5.41 Å². The van der Waals surface area contributed by atoms with Crippen LogP contribution in [0.3, 0.4) is 0 Å². The maximum absolute atomic E-state index is 11.7. The van der Waals surface area contributed by atoms with Gasteiger partial charge >= 0.3 is 0 Å². The minimum absolute atomic E-state index is 0.278. The first-order valence-electron chi connectivity index (χ1n) is 6.79. The summed E-state index contributed by atoms with van der Waals surface area (Å²) in [5, 5.41) is 0. The second-order valence-corrected chi connectivity index (χ2v) is 6.16. The average Bonchev–Trinajstić information content (AvgIpc) is 2.27. The molecule has 1 saturated heterocycles. The molecule has 0 aromatic carbocycles. The van der Waals surface area contributed by atoms with E-state index in [2.05, 4.69) is 25.7 Å². The Balaban J connectivity index is 2.03. The van der Waals surface area contributed by atoms with Crippen molar-refractivity contribution in [1.82, 2.24) is 4.90 Å². The highest BCUT2D eigenvalue weighted by atomic mass is 16.5. The van der Waals surface area contributed by atoms with Crippen LogP contribution in [0.5, 0.6) is 0 Å². The van der Waals surface area contributed by atoms with Gasteiger partial charge in [0.05, 0.1) is 13.2 Å². The first kappa shape index (κ1) is 14.7. The van der Waals surface area contributed by atoms with Crippen LogP contribution >= 0.6 is 0 Å². The van der Waals surface area contributed by atoms with Gasteiger partial charge in [0.1, 0.15) is 5.78 Å². The van der Waals surface area contributed by atoms with E-state index in [4.69, 9.17) is 4.74 Å². The molecule has 0 N–H and O–H groups in total. The highest BCUT2D eigenvalue weighted by Crippen LogP contribution is 2.21. The molecular weight excluding hydrogens is 214 g/mol. The van der Waals surface area contributed by atoms with Crippen molar-refractivity contribution in [2.45, 2.75) is 46.5 Å². The normalized spacial score (nSPS) is 18.3. The van der Waals surface area contributed by atoms with Gasteiger partial charge in [-0.05, 0) is 24.8 Å². The smallest absolute Gasteiger partial charge is 0.132 e. The molecule has 3 heteroatoms. The lowest BCUT2D eigenvalue weighted by Gasteiger charge is -2.26. The lowest BCUT2D eigenvalue weighted by atomic mass is 9.89. The maximum atomic E-state index is 11.7. The van der Waals surface area contributed by atoms with Gasteiger partial charge in [-0.15, -0.1) is 0 Å². The highest BCUT2D eigenvalue weighted by Gasteiger charge is 2.14. The van der Waals surface area contributed by atoms with Crippen molar-refractivity contribution in [3.8, 4) is 0 Å². The first-order valence-corrected chi connectivity index (χ1v) is 6.79. The first-order chi connectivity index (χ1) is 7.97. The molecular formula is C14H27NO2. The van der Waals surface area contributed by atoms with Crippen molar-refractivity contribution >= 4 is 5.78 Å². The molecule has 0 atom stereocenters. The molecule has 1 aliphatic rings. The molecule has 1 heterocycles. The van der Waals surface area contributed by atoms with Gasteiger partial charge < -0.3 is 4.74 Å². The van der Waals surface area contributed by atoms with Crippen LogP contribution in [0.25, 0.3) is 0 Å². The molecule has 0 bridgehead atoms. The molecule has 1 aliphatic heterocycles. The molecule has 0 radical (unpaired) electrons. The van der Waals surface area contributed by atoms with Gasteiger partial charge in [-0.3, -0.25) is 9.69 Å². The molecule has 3 nitrogen and oxygen atoms in total. The fraction of sp³-hybridized carbons (Fsp3) is 0.929. The number of morpholine rings is 1. The maximum Gasteiger partial charge on any atom is 0.132 e. The second-order valence-electron chi connectivity index (χ2n) is 6.16. The van der Waals surface area contributed by atoms with E-state index in [1.54, 1.807) is 0 Å². The van der Waals surface area contributed by atoms with Gasteiger partial charge in [-0.25, -0.2) is 0 Å². The van der Waals surface area contributed by atoms with E-state index in [0.29, 0.717) is 5.78 Å². The van der Waals surface area contributed by atoms with E-state index >= 15 is 0 Å². The largest absolute Gasteiger partial charge is 0.379 e. The van der Waals surface area contributed by atoms with Crippen LogP contribution in [0, 0.1) is 5.41 Å². The van der Waals surface area contributed by atoms with Gasteiger partial charge in [0, 0.05) is 25.9 Å². The zero-order valence-corrected chi connectivity index (χ0v) is 11.6. The molecule has 0 aliphatic carbocycles. The molecule has 1 rings (SSSR count). The topological polar surface area (TPSA) is 29.5 Å². The molecule has 0 aromatic heterocycles. The second kappa shape index (κ2) is 7.12. The third kappa shape index (κ3) is 7.50. The van der Waals surface area contributed by atoms with E-state index in [1.807, 2.05) is 0 Å². The summed E-state index contributed by atoms with van der Waals surface area (Å²) in [6.45, 7) is 11.4. The number of carbonyl (C=O) groups is 1. The Morgan fingerprint density at radius 2 is 1.82 bits per heavy atom. The molecule has 17 heavy (non-hydrogen) atoms. The summed E-state index contributed by atoms with van der Waals surface area (Å²) in [7, 11) is 0. The van der Waals surface area contributed by atoms with Crippen molar-refractivity contribution in [3.05, 3.63) is 0 Å². The van der Waals surface area contributed by atoms with Crippen LogP contribution in [0.1, 0.15) is 46.5 Å². The number of carbonyl (C=O) groups excluding carboxylic acids is 1. The zero-order valence-electron chi connectivity index (χ0n) is 11.6. The standard InChI is InChI=1S/C14H27NO2/c1-14(2,3)7-6-13(16)5-4-8-15-9-11-17-12-10-15/h4-12H2,1-3H3. The Morgan fingerprint density at radius 1 is 1.18 bits per heavy atom. The fourth-order valence-corrected chi connectivity index (χ4v) is 1.96. The SMILES string of the molecule is CC(C)(C)CCC(=O)CCCN1CCOCC1. The quantitative estimate of drug-likeness (QED) is 0.715. The summed E-state index contributed by atoms with van der Waals surface area (Å²) in [5.41, 5.74) is 0.278. The van der Waals surface area contributed by atoms with Crippen LogP contribution in [-0.2, 0) is 9.53 Å². The Labute approximate surface area is 106 Å². The summed E-state index contributed by atoms with van der Waals surface area (Å²) in [4.78, 5) is 14.1. The number of rotatable bonds is 6. The minimum atomic E-state index is 0.278. The highest BCUT2D eigenvalue weighted by molar-refractivity contribution is 5.78. The van der Waals surface area contributed by atoms with Crippen molar-refractivity contribution in [1.29, 1.82) is 0 Å².